The van der Waals surface area contributed by atoms with Crippen molar-refractivity contribution in [2.24, 2.45) is 0 Å². The van der Waals surface area contributed by atoms with Gasteiger partial charge in [-0.25, -0.2) is 4.79 Å². The van der Waals surface area contributed by atoms with Gasteiger partial charge in [0.2, 0.25) is 0 Å². The largest absolute Gasteiger partial charge is 0.497 e. The number of morpholine rings is 1. The highest BCUT2D eigenvalue weighted by Gasteiger charge is 2.38. The molecular formula is C25H32N2O5. The van der Waals surface area contributed by atoms with Crippen LogP contribution < -0.4 is 10.1 Å². The molecule has 1 N–H and O–H groups in total. The van der Waals surface area contributed by atoms with E-state index in [1.807, 2.05) is 24.3 Å². The quantitative estimate of drug-likeness (QED) is 0.667. The van der Waals surface area contributed by atoms with Crippen molar-refractivity contribution in [2.45, 2.75) is 37.6 Å². The minimum atomic E-state index is -0.501. The highest BCUT2D eigenvalue weighted by Crippen LogP contribution is 2.33. The molecule has 0 aromatic heterocycles. The summed E-state index contributed by atoms with van der Waals surface area (Å²) in [7, 11) is 1.62. The lowest BCUT2D eigenvalue weighted by Crippen LogP contribution is -2.59. The van der Waals surface area contributed by atoms with Crippen molar-refractivity contribution in [3.63, 3.8) is 0 Å². The van der Waals surface area contributed by atoms with Gasteiger partial charge in [0.05, 0.1) is 25.9 Å². The Kier molecular flexibility index (Phi) is 7.27. The fourth-order valence-corrected chi connectivity index (χ4v) is 4.86. The Morgan fingerprint density at radius 1 is 1.03 bits per heavy atom. The molecule has 1 amide bonds. The van der Waals surface area contributed by atoms with E-state index in [9.17, 15) is 9.59 Å². The van der Waals surface area contributed by atoms with E-state index in [1.165, 1.54) is 19.3 Å². The van der Waals surface area contributed by atoms with Crippen molar-refractivity contribution in [2.75, 3.05) is 46.6 Å². The fourth-order valence-electron chi connectivity index (χ4n) is 4.86. The summed E-state index contributed by atoms with van der Waals surface area (Å²) in [5.74, 6) is -0.00201. The summed E-state index contributed by atoms with van der Waals surface area (Å²) < 4.78 is 16.0. The summed E-state index contributed by atoms with van der Waals surface area (Å²) in [4.78, 5) is 27.4. The van der Waals surface area contributed by atoms with Crippen LogP contribution in [-0.2, 0) is 14.3 Å². The van der Waals surface area contributed by atoms with Gasteiger partial charge in [-0.15, -0.1) is 0 Å². The topological polar surface area (TPSA) is 77.1 Å². The van der Waals surface area contributed by atoms with Crippen molar-refractivity contribution in [3.8, 4) is 5.75 Å². The molecule has 0 radical (unpaired) electrons. The number of fused-ring (bicyclic) bond motifs is 1. The molecule has 1 saturated carbocycles. The number of hydrogen-bond donors (Lipinski definition) is 1. The van der Waals surface area contributed by atoms with Crippen molar-refractivity contribution in [3.05, 3.63) is 42.0 Å². The Labute approximate surface area is 189 Å². The lowest BCUT2D eigenvalue weighted by molar-refractivity contribution is -0.125. The number of benzene rings is 2. The first-order valence-corrected chi connectivity index (χ1v) is 11.4. The second kappa shape index (κ2) is 10.3. The van der Waals surface area contributed by atoms with Crippen molar-refractivity contribution in [1.29, 1.82) is 0 Å². The molecular weight excluding hydrogens is 408 g/mol. The second-order valence-electron chi connectivity index (χ2n) is 8.67. The van der Waals surface area contributed by atoms with E-state index in [1.54, 1.807) is 19.2 Å². The molecule has 172 valence electrons. The Balaban J connectivity index is 1.31. The molecule has 1 heterocycles. The Morgan fingerprint density at radius 2 is 1.75 bits per heavy atom. The molecule has 1 aliphatic carbocycles. The Bertz CT molecular complexity index is 948. The third kappa shape index (κ3) is 5.22. The van der Waals surface area contributed by atoms with Crippen molar-refractivity contribution in [1.82, 2.24) is 10.2 Å². The smallest absolute Gasteiger partial charge is 0.338 e. The number of carbonyl (C=O) groups is 2. The highest BCUT2D eigenvalue weighted by atomic mass is 16.5. The van der Waals surface area contributed by atoms with Crippen LogP contribution in [0.3, 0.4) is 0 Å². The van der Waals surface area contributed by atoms with Crippen LogP contribution in [0.15, 0.2) is 36.4 Å². The van der Waals surface area contributed by atoms with Gasteiger partial charge in [0.25, 0.3) is 5.91 Å². The first kappa shape index (κ1) is 22.6. The van der Waals surface area contributed by atoms with Gasteiger partial charge in [-0.1, -0.05) is 31.4 Å². The summed E-state index contributed by atoms with van der Waals surface area (Å²) in [6.07, 6.45) is 5.76. The van der Waals surface area contributed by atoms with Gasteiger partial charge in [-0.05, 0) is 47.9 Å². The van der Waals surface area contributed by atoms with E-state index in [4.69, 9.17) is 14.2 Å². The van der Waals surface area contributed by atoms with Crippen LogP contribution in [0.5, 0.6) is 5.75 Å². The molecule has 1 aliphatic heterocycles. The molecule has 0 spiro atoms. The number of ether oxygens (including phenoxy) is 3. The first-order chi connectivity index (χ1) is 15.6. The Hall–Kier alpha value is -2.64. The van der Waals surface area contributed by atoms with Crippen LogP contribution in [0.2, 0.25) is 0 Å². The number of esters is 1. The molecule has 4 rings (SSSR count). The van der Waals surface area contributed by atoms with Crippen LogP contribution >= 0.6 is 0 Å². The van der Waals surface area contributed by atoms with E-state index >= 15 is 0 Å². The zero-order valence-electron chi connectivity index (χ0n) is 18.7. The maximum atomic E-state index is 12.5. The van der Waals surface area contributed by atoms with Gasteiger partial charge in [-0.2, -0.15) is 0 Å². The van der Waals surface area contributed by atoms with Gasteiger partial charge in [0.15, 0.2) is 6.61 Å². The minimum absolute atomic E-state index is 0.0128. The van der Waals surface area contributed by atoms with Crippen LogP contribution in [0.4, 0.5) is 0 Å². The summed E-state index contributed by atoms with van der Waals surface area (Å²) in [6, 6.07) is 11.0. The number of rotatable bonds is 7. The van der Waals surface area contributed by atoms with E-state index in [0.717, 1.165) is 55.7 Å². The van der Waals surface area contributed by atoms with Gasteiger partial charge < -0.3 is 19.5 Å². The van der Waals surface area contributed by atoms with Crippen LogP contribution in [0.1, 0.15) is 42.5 Å². The molecule has 2 aliphatic rings. The van der Waals surface area contributed by atoms with Gasteiger partial charge >= 0.3 is 5.97 Å². The third-order valence-electron chi connectivity index (χ3n) is 6.70. The normalized spacial score (nSPS) is 18.8. The molecule has 0 atom stereocenters. The summed E-state index contributed by atoms with van der Waals surface area (Å²) >= 11 is 0. The standard InChI is InChI=1S/C25H32N2O5/c1-30-22-8-7-19-15-21(6-5-20(19)16-22)24(29)32-17-23(28)26-18-25(9-3-2-4-10-25)27-11-13-31-14-12-27/h5-8,15-16H,2-4,9-14,17-18H2,1H3,(H,26,28). The predicted octanol–water partition coefficient (Wildman–Crippen LogP) is 3.16. The molecule has 2 aromatic carbocycles. The minimum Gasteiger partial charge on any atom is -0.497 e. The lowest BCUT2D eigenvalue weighted by atomic mass is 9.79. The van der Waals surface area contributed by atoms with Gasteiger partial charge in [0.1, 0.15) is 5.75 Å². The summed E-state index contributed by atoms with van der Waals surface area (Å²) in [5.41, 5.74) is 0.411. The molecule has 2 aromatic rings. The number of nitrogens with one attached hydrogen (secondary N) is 1. The number of carbonyl (C=O) groups excluding carboxylic acids is 2. The first-order valence-electron chi connectivity index (χ1n) is 11.4. The summed E-state index contributed by atoms with van der Waals surface area (Å²) in [5, 5.41) is 4.91. The number of amides is 1. The fraction of sp³-hybridized carbons (Fsp3) is 0.520. The monoisotopic (exact) mass is 440 g/mol. The zero-order chi connectivity index (χ0) is 22.4. The number of nitrogens with zero attached hydrogens (tertiary/aromatic N) is 1. The summed E-state index contributed by atoms with van der Waals surface area (Å²) in [6.45, 7) is 3.59. The van der Waals surface area contributed by atoms with Gasteiger partial charge in [-0.3, -0.25) is 9.69 Å². The Morgan fingerprint density at radius 3 is 2.50 bits per heavy atom. The molecule has 0 bridgehead atoms. The molecule has 7 heteroatoms. The maximum absolute atomic E-state index is 12.5. The molecule has 7 nitrogen and oxygen atoms in total. The molecule has 2 fully saturated rings. The van der Waals surface area contributed by atoms with Crippen LogP contribution in [0, 0.1) is 0 Å². The maximum Gasteiger partial charge on any atom is 0.338 e. The average molecular weight is 441 g/mol. The van der Waals surface area contributed by atoms with E-state index in [2.05, 4.69) is 10.2 Å². The highest BCUT2D eigenvalue weighted by molar-refractivity contribution is 5.96. The molecule has 1 saturated heterocycles. The van der Waals surface area contributed by atoms with Crippen LogP contribution in [-0.4, -0.2) is 68.9 Å². The number of methoxy groups -OCH3 is 1. The van der Waals surface area contributed by atoms with Crippen molar-refractivity contribution >= 4 is 22.6 Å². The number of hydrogen-bond acceptors (Lipinski definition) is 6. The second-order valence-corrected chi connectivity index (χ2v) is 8.67. The predicted molar refractivity (Wildman–Crippen MR) is 122 cm³/mol. The average Bonchev–Trinajstić information content (AvgIpc) is 2.86. The molecule has 32 heavy (non-hydrogen) atoms. The SMILES string of the molecule is COc1ccc2cc(C(=O)OCC(=O)NCC3(N4CCOCC4)CCCCC3)ccc2c1. The zero-order valence-corrected chi connectivity index (χ0v) is 18.7. The third-order valence-corrected chi connectivity index (χ3v) is 6.70. The van der Waals surface area contributed by atoms with E-state index < -0.39 is 5.97 Å². The van der Waals surface area contributed by atoms with Crippen LogP contribution in [0.25, 0.3) is 10.8 Å². The van der Waals surface area contributed by atoms with Crippen molar-refractivity contribution < 1.29 is 23.8 Å². The molecule has 0 unspecified atom stereocenters. The van der Waals surface area contributed by atoms with Gasteiger partial charge in [0, 0.05) is 25.2 Å². The van der Waals surface area contributed by atoms with E-state index in [0.29, 0.717) is 12.1 Å². The van der Waals surface area contributed by atoms with E-state index in [-0.39, 0.29) is 18.1 Å². The lowest BCUT2D eigenvalue weighted by Gasteiger charge is -2.48.